The lowest BCUT2D eigenvalue weighted by Crippen LogP contribution is -1.98. The van der Waals surface area contributed by atoms with E-state index in [1.165, 1.54) is 0 Å². The van der Waals surface area contributed by atoms with Gasteiger partial charge in [-0.25, -0.2) is 4.98 Å². The largest absolute Gasteiger partial charge is 0.505 e. The molecule has 158 valence electrons. The average molecular weight is 448 g/mol. The molecule has 4 rings (SSSR count). The number of azo groups is 1. The third kappa shape index (κ3) is 4.23. The lowest BCUT2D eigenvalue weighted by Gasteiger charge is -2.02. The van der Waals surface area contributed by atoms with Gasteiger partial charge in [0.15, 0.2) is 0 Å². The van der Waals surface area contributed by atoms with Gasteiger partial charge in [0.25, 0.3) is 10.9 Å². The minimum atomic E-state index is -1.05. The molecule has 1 aromatic heterocycles. The fourth-order valence-corrected chi connectivity index (χ4v) is 3.23. The minimum Gasteiger partial charge on any atom is -0.505 e. The van der Waals surface area contributed by atoms with E-state index < -0.39 is 27.2 Å². The summed E-state index contributed by atoms with van der Waals surface area (Å²) >= 11 is 5.44. The number of imidazole rings is 1. The van der Waals surface area contributed by atoms with Crippen LogP contribution in [0.15, 0.2) is 83.0 Å². The zero-order valence-corrected chi connectivity index (χ0v) is 17.0. The molecule has 0 bridgehead atoms. The molecule has 0 saturated heterocycles. The second-order valence-corrected chi connectivity index (χ2v) is 6.95. The van der Waals surface area contributed by atoms with E-state index in [-0.39, 0.29) is 11.6 Å². The summed E-state index contributed by atoms with van der Waals surface area (Å²) in [4.78, 5) is 29.4. The monoisotopic (exact) mass is 447 g/mol. The Balaban J connectivity index is 1.77. The summed E-state index contributed by atoms with van der Waals surface area (Å²) in [6, 6.07) is 20.8. The number of nitro groups is 1. The Labute approximate surface area is 186 Å². The average Bonchev–Trinajstić information content (AvgIpc) is 3.23. The maximum absolute atomic E-state index is 11.6. The molecule has 0 amide bonds. The Morgan fingerprint density at radius 2 is 1.62 bits per heavy atom. The van der Waals surface area contributed by atoms with Crippen molar-refractivity contribution in [1.82, 2.24) is 9.97 Å². The van der Waals surface area contributed by atoms with Crippen molar-refractivity contribution in [3.63, 3.8) is 0 Å². The molecular weight excluding hydrogens is 434 g/mol. The normalized spacial score (nSPS) is 11.0. The summed E-state index contributed by atoms with van der Waals surface area (Å²) in [6.07, 6.45) is 0. The fraction of sp³-hybridized carbons (Fsp3) is 0. The van der Waals surface area contributed by atoms with Crippen LogP contribution in [0.3, 0.4) is 0 Å². The molecule has 32 heavy (non-hydrogen) atoms. The zero-order valence-electron chi connectivity index (χ0n) is 16.3. The molecule has 10 heteroatoms. The summed E-state index contributed by atoms with van der Waals surface area (Å²) in [5.41, 5.74) is 1.91. The van der Waals surface area contributed by atoms with Crippen molar-refractivity contribution in [3.8, 4) is 28.3 Å². The topological polar surface area (TPSA) is 134 Å². The number of nitrogens with zero attached hydrogens (tertiary/aromatic N) is 4. The number of H-pyrrole nitrogens is 1. The van der Waals surface area contributed by atoms with Crippen molar-refractivity contribution < 1.29 is 14.8 Å². The molecule has 0 atom stereocenters. The molecule has 1 heterocycles. The highest BCUT2D eigenvalue weighted by molar-refractivity contribution is 6.68. The third-order valence-electron chi connectivity index (χ3n) is 4.55. The minimum absolute atomic E-state index is 0.138. The van der Waals surface area contributed by atoms with Gasteiger partial charge in [0.2, 0.25) is 5.95 Å². The Bertz CT molecular complexity index is 1280. The van der Waals surface area contributed by atoms with Crippen LogP contribution in [0.4, 0.5) is 17.3 Å². The van der Waals surface area contributed by atoms with Gasteiger partial charge >= 0.3 is 0 Å². The Morgan fingerprint density at radius 1 is 1.00 bits per heavy atom. The molecular formula is C22H14ClN5O4. The molecule has 2 N–H and O–H groups in total. The molecule has 0 aliphatic carbocycles. The van der Waals surface area contributed by atoms with E-state index in [9.17, 15) is 20.0 Å². The first-order valence-corrected chi connectivity index (χ1v) is 9.65. The molecule has 0 radical (unpaired) electrons. The summed E-state index contributed by atoms with van der Waals surface area (Å²) < 4.78 is 0. The van der Waals surface area contributed by atoms with Crippen LogP contribution in [0, 0.1) is 10.1 Å². The SMILES string of the molecule is O=C(Cl)c1cc(N=Nc2nc(-c3ccccc3)c(-c3ccccc3)[nH]2)c(O)cc1[N+](=O)[O-]. The zero-order chi connectivity index (χ0) is 22.7. The van der Waals surface area contributed by atoms with E-state index >= 15 is 0 Å². The first-order valence-electron chi connectivity index (χ1n) is 9.28. The maximum Gasteiger partial charge on any atom is 0.285 e. The lowest BCUT2D eigenvalue weighted by molar-refractivity contribution is -0.385. The van der Waals surface area contributed by atoms with Crippen molar-refractivity contribution in [1.29, 1.82) is 0 Å². The number of hydrogen-bond donors (Lipinski definition) is 2. The van der Waals surface area contributed by atoms with Crippen LogP contribution < -0.4 is 0 Å². The van der Waals surface area contributed by atoms with Crippen molar-refractivity contribution in [2.75, 3.05) is 0 Å². The third-order valence-corrected chi connectivity index (χ3v) is 4.76. The Hall–Kier alpha value is -4.37. The predicted octanol–water partition coefficient (Wildman–Crippen LogP) is 6.15. The number of nitrogens with one attached hydrogen (secondary N) is 1. The van der Waals surface area contributed by atoms with Crippen molar-refractivity contribution in [3.05, 3.63) is 88.5 Å². The van der Waals surface area contributed by atoms with Crippen LogP contribution in [0.2, 0.25) is 0 Å². The molecule has 0 aliphatic rings. The number of phenols is 1. The quantitative estimate of drug-likeness (QED) is 0.158. The highest BCUT2D eigenvalue weighted by Crippen LogP contribution is 2.37. The predicted molar refractivity (Wildman–Crippen MR) is 119 cm³/mol. The Morgan fingerprint density at radius 3 is 2.22 bits per heavy atom. The van der Waals surface area contributed by atoms with E-state index in [0.29, 0.717) is 5.69 Å². The van der Waals surface area contributed by atoms with Crippen LogP contribution in [0.5, 0.6) is 5.75 Å². The standard InChI is InChI=1S/C22H14ClN5O4/c23-21(30)15-11-16(18(29)12-17(15)28(31)32)26-27-22-24-19(13-7-3-1-4-8-13)20(25-22)14-9-5-2-6-10-14/h1-12,29H,(H,24,25). The van der Waals surface area contributed by atoms with Crippen LogP contribution in [0.25, 0.3) is 22.5 Å². The number of benzene rings is 3. The van der Waals surface area contributed by atoms with E-state index in [1.807, 2.05) is 60.7 Å². The van der Waals surface area contributed by atoms with E-state index in [0.717, 1.165) is 29.0 Å². The number of carbonyl (C=O) groups excluding carboxylic acids is 1. The Kier molecular flexibility index (Phi) is 5.73. The molecule has 9 nitrogen and oxygen atoms in total. The van der Waals surface area contributed by atoms with Crippen LogP contribution in [-0.4, -0.2) is 25.2 Å². The number of aromatic nitrogens is 2. The smallest absolute Gasteiger partial charge is 0.285 e. The van der Waals surface area contributed by atoms with Gasteiger partial charge in [0.05, 0.1) is 22.4 Å². The number of hydrogen-bond acceptors (Lipinski definition) is 7. The number of carbonyl (C=O) groups is 1. The summed E-state index contributed by atoms with van der Waals surface area (Å²) in [5, 5.41) is 28.1. The number of halogens is 1. The van der Waals surface area contributed by atoms with Gasteiger partial charge in [-0.1, -0.05) is 60.7 Å². The van der Waals surface area contributed by atoms with Crippen LogP contribution >= 0.6 is 11.6 Å². The second-order valence-electron chi connectivity index (χ2n) is 6.60. The number of phenolic OH excluding ortho intramolecular Hbond substituents is 1. The first-order chi connectivity index (χ1) is 15.4. The molecule has 0 saturated carbocycles. The van der Waals surface area contributed by atoms with Crippen molar-refractivity contribution >= 4 is 34.2 Å². The second kappa shape index (κ2) is 8.78. The number of aromatic hydroxyl groups is 1. The van der Waals surface area contributed by atoms with Crippen LogP contribution in [0.1, 0.15) is 10.4 Å². The van der Waals surface area contributed by atoms with Crippen LogP contribution in [-0.2, 0) is 0 Å². The highest BCUT2D eigenvalue weighted by atomic mass is 35.5. The molecule has 0 unspecified atom stereocenters. The molecule has 0 aliphatic heterocycles. The van der Waals surface area contributed by atoms with Gasteiger partial charge < -0.3 is 10.1 Å². The maximum atomic E-state index is 11.6. The fourth-order valence-electron chi connectivity index (χ4n) is 3.08. The molecule has 0 spiro atoms. The number of aromatic amines is 1. The van der Waals surface area contributed by atoms with Gasteiger partial charge in [-0.15, -0.1) is 10.2 Å². The van der Waals surface area contributed by atoms with E-state index in [4.69, 9.17) is 11.6 Å². The van der Waals surface area contributed by atoms with Crippen molar-refractivity contribution in [2.24, 2.45) is 10.2 Å². The highest BCUT2D eigenvalue weighted by Gasteiger charge is 2.22. The van der Waals surface area contributed by atoms with E-state index in [2.05, 4.69) is 20.2 Å². The summed E-state index contributed by atoms with van der Waals surface area (Å²) in [5.74, 6) is -0.389. The lowest BCUT2D eigenvalue weighted by atomic mass is 10.1. The van der Waals surface area contributed by atoms with Crippen molar-refractivity contribution in [2.45, 2.75) is 0 Å². The van der Waals surface area contributed by atoms with Gasteiger partial charge in [0, 0.05) is 11.1 Å². The number of rotatable bonds is 6. The van der Waals surface area contributed by atoms with Gasteiger partial charge in [-0.2, -0.15) is 0 Å². The first kappa shape index (κ1) is 20.9. The van der Waals surface area contributed by atoms with E-state index in [1.54, 1.807) is 0 Å². The number of nitro benzene ring substituents is 1. The van der Waals surface area contributed by atoms with Gasteiger partial charge in [-0.3, -0.25) is 14.9 Å². The molecule has 0 fully saturated rings. The molecule has 4 aromatic rings. The summed E-state index contributed by atoms with van der Waals surface area (Å²) in [7, 11) is 0. The van der Waals surface area contributed by atoms with Gasteiger partial charge in [0.1, 0.15) is 17.0 Å². The van der Waals surface area contributed by atoms with Gasteiger partial charge in [-0.05, 0) is 17.7 Å². The summed E-state index contributed by atoms with van der Waals surface area (Å²) in [6.45, 7) is 0. The molecule has 3 aromatic carbocycles.